The molecule has 1 amide bonds. The van der Waals surface area contributed by atoms with Crippen molar-refractivity contribution in [3.63, 3.8) is 0 Å². The highest BCUT2D eigenvalue weighted by Gasteiger charge is 2.23. The molecule has 2 aliphatic rings. The Hall–Kier alpha value is -1.62. The number of rotatable bonds is 4. The van der Waals surface area contributed by atoms with Crippen molar-refractivity contribution >= 4 is 11.7 Å². The number of anilines is 1. The van der Waals surface area contributed by atoms with Crippen molar-refractivity contribution < 1.29 is 4.79 Å². The molecule has 2 heterocycles. The van der Waals surface area contributed by atoms with Crippen LogP contribution in [0.3, 0.4) is 0 Å². The van der Waals surface area contributed by atoms with Crippen LogP contribution in [0.15, 0.2) is 6.07 Å². The van der Waals surface area contributed by atoms with Crippen LogP contribution >= 0.6 is 0 Å². The molecule has 0 saturated heterocycles. The molecule has 2 N–H and O–H groups in total. The molecule has 21 heavy (non-hydrogen) atoms. The molecule has 5 nitrogen and oxygen atoms in total. The molecule has 1 aliphatic heterocycles. The first kappa shape index (κ1) is 14.3. The average Bonchev–Trinajstić information content (AvgIpc) is 3.32. The van der Waals surface area contributed by atoms with E-state index in [9.17, 15) is 4.79 Å². The number of amides is 1. The summed E-state index contributed by atoms with van der Waals surface area (Å²) in [4.78, 5) is 19.2. The van der Waals surface area contributed by atoms with Gasteiger partial charge >= 0.3 is 0 Å². The van der Waals surface area contributed by atoms with Crippen molar-refractivity contribution in [1.29, 1.82) is 0 Å². The van der Waals surface area contributed by atoms with Gasteiger partial charge in [0.25, 0.3) is 5.91 Å². The highest BCUT2D eigenvalue weighted by molar-refractivity contribution is 5.98. The Balaban J connectivity index is 1.90. The standard InChI is InChI=1S/C16H24N4O/c1-17-16(21)13-9-12-5-7-20(2)8-6-14(12)19-15(13)18-10-11-3-4-11/h9,11H,3-8,10H2,1-2H3,(H,17,21)(H,18,19). The Kier molecular flexibility index (Phi) is 4.10. The van der Waals surface area contributed by atoms with Gasteiger partial charge in [0.1, 0.15) is 5.82 Å². The lowest BCUT2D eigenvalue weighted by Gasteiger charge is -2.14. The summed E-state index contributed by atoms with van der Waals surface area (Å²) >= 11 is 0. The van der Waals surface area contributed by atoms with Crippen LogP contribution in [0.2, 0.25) is 0 Å². The Bertz CT molecular complexity index is 539. The molecular weight excluding hydrogens is 264 g/mol. The fourth-order valence-corrected chi connectivity index (χ4v) is 2.75. The van der Waals surface area contributed by atoms with Gasteiger partial charge in [0.15, 0.2) is 0 Å². The average molecular weight is 288 g/mol. The number of nitrogens with zero attached hydrogens (tertiary/aromatic N) is 2. The van der Waals surface area contributed by atoms with E-state index in [1.807, 2.05) is 6.07 Å². The van der Waals surface area contributed by atoms with E-state index in [0.717, 1.165) is 49.9 Å². The molecule has 1 aliphatic carbocycles. The normalized spacial score (nSPS) is 18.8. The maximum absolute atomic E-state index is 12.1. The number of nitrogens with one attached hydrogen (secondary N) is 2. The molecule has 114 valence electrons. The van der Waals surface area contributed by atoms with Crippen molar-refractivity contribution in [3.05, 3.63) is 22.9 Å². The van der Waals surface area contributed by atoms with Crippen molar-refractivity contribution in [2.45, 2.75) is 25.7 Å². The predicted molar refractivity (Wildman–Crippen MR) is 83.7 cm³/mol. The Labute approximate surface area is 126 Å². The molecular formula is C16H24N4O. The molecule has 0 unspecified atom stereocenters. The van der Waals surface area contributed by atoms with Gasteiger partial charge in [-0.3, -0.25) is 4.79 Å². The minimum absolute atomic E-state index is 0.0544. The molecule has 0 radical (unpaired) electrons. The predicted octanol–water partition coefficient (Wildman–Crippen LogP) is 1.29. The Morgan fingerprint density at radius 1 is 1.38 bits per heavy atom. The van der Waals surface area contributed by atoms with Crippen LogP contribution in [0.1, 0.15) is 34.5 Å². The van der Waals surface area contributed by atoms with Crippen molar-refractivity contribution in [2.24, 2.45) is 5.92 Å². The second kappa shape index (κ2) is 6.02. The van der Waals surface area contributed by atoms with Crippen molar-refractivity contribution in [2.75, 3.05) is 39.0 Å². The SMILES string of the molecule is CNC(=O)c1cc2c(nc1NCC1CC1)CCN(C)CC2. The van der Waals surface area contributed by atoms with Crippen LogP contribution in [0.5, 0.6) is 0 Å². The van der Waals surface area contributed by atoms with Crippen LogP contribution < -0.4 is 10.6 Å². The molecule has 1 fully saturated rings. The van der Waals surface area contributed by atoms with Gasteiger partial charge in [-0.25, -0.2) is 4.98 Å². The third kappa shape index (κ3) is 3.35. The fourth-order valence-electron chi connectivity index (χ4n) is 2.75. The van der Waals surface area contributed by atoms with Crippen molar-refractivity contribution in [3.8, 4) is 0 Å². The zero-order chi connectivity index (χ0) is 14.8. The largest absolute Gasteiger partial charge is 0.369 e. The number of aromatic nitrogens is 1. The number of fused-ring (bicyclic) bond motifs is 1. The monoisotopic (exact) mass is 288 g/mol. The quantitative estimate of drug-likeness (QED) is 0.876. The highest BCUT2D eigenvalue weighted by atomic mass is 16.1. The van der Waals surface area contributed by atoms with Crippen LogP contribution in [-0.2, 0) is 12.8 Å². The zero-order valence-corrected chi connectivity index (χ0v) is 12.9. The first-order valence-electron chi connectivity index (χ1n) is 7.84. The first-order valence-corrected chi connectivity index (χ1v) is 7.84. The molecule has 1 saturated carbocycles. The third-order valence-electron chi connectivity index (χ3n) is 4.41. The second-order valence-corrected chi connectivity index (χ2v) is 6.20. The van der Waals surface area contributed by atoms with E-state index in [1.165, 1.54) is 18.4 Å². The summed E-state index contributed by atoms with van der Waals surface area (Å²) in [6, 6.07) is 2.04. The van der Waals surface area contributed by atoms with Gasteiger partial charge in [0.05, 0.1) is 5.56 Å². The minimum atomic E-state index is -0.0544. The van der Waals surface area contributed by atoms with Gasteiger partial charge in [-0.2, -0.15) is 0 Å². The highest BCUT2D eigenvalue weighted by Crippen LogP contribution is 2.29. The summed E-state index contributed by atoms with van der Waals surface area (Å²) in [5.41, 5.74) is 3.04. The molecule has 0 spiro atoms. The summed E-state index contributed by atoms with van der Waals surface area (Å²) in [5.74, 6) is 1.46. The van der Waals surface area contributed by atoms with E-state index in [2.05, 4.69) is 22.6 Å². The number of carbonyl (C=O) groups is 1. The number of hydrogen-bond donors (Lipinski definition) is 2. The lowest BCUT2D eigenvalue weighted by Crippen LogP contribution is -2.22. The first-order chi connectivity index (χ1) is 10.2. The Morgan fingerprint density at radius 3 is 2.86 bits per heavy atom. The van der Waals surface area contributed by atoms with Gasteiger partial charge in [-0.1, -0.05) is 0 Å². The molecule has 5 heteroatoms. The van der Waals surface area contributed by atoms with Crippen molar-refractivity contribution in [1.82, 2.24) is 15.2 Å². The topological polar surface area (TPSA) is 57.3 Å². The number of pyridine rings is 1. The van der Waals surface area contributed by atoms with Gasteiger partial charge in [0, 0.05) is 38.8 Å². The lowest BCUT2D eigenvalue weighted by atomic mass is 10.1. The molecule has 1 aromatic heterocycles. The smallest absolute Gasteiger partial charge is 0.254 e. The van der Waals surface area contributed by atoms with Gasteiger partial charge < -0.3 is 15.5 Å². The third-order valence-corrected chi connectivity index (χ3v) is 4.41. The van der Waals surface area contributed by atoms with E-state index >= 15 is 0 Å². The zero-order valence-electron chi connectivity index (χ0n) is 12.9. The van der Waals surface area contributed by atoms with E-state index < -0.39 is 0 Å². The summed E-state index contributed by atoms with van der Waals surface area (Å²) in [5, 5.41) is 6.11. The molecule has 3 rings (SSSR count). The van der Waals surface area contributed by atoms with E-state index in [1.54, 1.807) is 7.05 Å². The maximum Gasteiger partial charge on any atom is 0.254 e. The van der Waals surface area contributed by atoms with E-state index in [0.29, 0.717) is 5.56 Å². The van der Waals surface area contributed by atoms with Crippen LogP contribution in [0.4, 0.5) is 5.82 Å². The summed E-state index contributed by atoms with van der Waals surface area (Å²) < 4.78 is 0. The van der Waals surface area contributed by atoms with Gasteiger partial charge in [-0.15, -0.1) is 0 Å². The molecule has 0 bridgehead atoms. The molecule has 1 aromatic rings. The second-order valence-electron chi connectivity index (χ2n) is 6.20. The van der Waals surface area contributed by atoms with E-state index in [4.69, 9.17) is 4.98 Å². The van der Waals surface area contributed by atoms with Crippen LogP contribution in [0.25, 0.3) is 0 Å². The molecule has 0 aromatic carbocycles. The fraction of sp³-hybridized carbons (Fsp3) is 0.625. The number of likely N-dealkylation sites (N-methyl/N-ethyl adjacent to an activating group) is 1. The van der Waals surface area contributed by atoms with Gasteiger partial charge in [0.2, 0.25) is 0 Å². The van der Waals surface area contributed by atoms with Crippen LogP contribution in [0, 0.1) is 5.92 Å². The Morgan fingerprint density at radius 2 is 2.14 bits per heavy atom. The maximum atomic E-state index is 12.1. The summed E-state index contributed by atoms with van der Waals surface area (Å²) in [7, 11) is 3.81. The summed E-state index contributed by atoms with van der Waals surface area (Å²) in [6.07, 6.45) is 4.50. The van der Waals surface area contributed by atoms with E-state index in [-0.39, 0.29) is 5.91 Å². The summed E-state index contributed by atoms with van der Waals surface area (Å²) in [6.45, 7) is 2.98. The van der Waals surface area contributed by atoms with Crippen LogP contribution in [-0.4, -0.2) is 49.5 Å². The van der Waals surface area contributed by atoms with Gasteiger partial charge in [-0.05, 0) is 43.9 Å². The minimum Gasteiger partial charge on any atom is -0.369 e. The molecule has 0 atom stereocenters. The lowest BCUT2D eigenvalue weighted by molar-refractivity contribution is 0.0963. The number of carbonyl (C=O) groups excluding carboxylic acids is 1. The number of hydrogen-bond acceptors (Lipinski definition) is 4.